The molecule has 2 aromatic carbocycles. The molecule has 2 amide bonds. The molecule has 4 heteroatoms. The van der Waals surface area contributed by atoms with Gasteiger partial charge < -0.3 is 5.73 Å². The molecule has 2 N–H and O–H groups in total. The Morgan fingerprint density at radius 1 is 1.05 bits per heavy atom. The van der Waals surface area contributed by atoms with Crippen LogP contribution in [-0.2, 0) is 0 Å². The van der Waals surface area contributed by atoms with E-state index in [-0.39, 0.29) is 0 Å². The number of benzene rings is 2. The van der Waals surface area contributed by atoms with Gasteiger partial charge in [-0.3, -0.25) is 0 Å². The third kappa shape index (κ3) is 2.19. The van der Waals surface area contributed by atoms with E-state index in [0.717, 1.165) is 10.9 Å². The summed E-state index contributed by atoms with van der Waals surface area (Å²) in [5, 5.41) is 1.01. The Kier molecular flexibility index (Phi) is 3.05. The number of rotatable bonds is 2. The first-order chi connectivity index (χ1) is 9.75. The number of aromatic nitrogens is 1. The van der Waals surface area contributed by atoms with Crippen LogP contribution in [0.5, 0.6) is 0 Å². The summed E-state index contributed by atoms with van der Waals surface area (Å²) < 4.78 is 0. The Morgan fingerprint density at radius 3 is 2.60 bits per heavy atom. The van der Waals surface area contributed by atoms with E-state index in [0.29, 0.717) is 11.5 Å². The minimum Gasteiger partial charge on any atom is -0.351 e. The molecule has 0 aliphatic carbocycles. The molecule has 3 aromatic rings. The Hall–Kier alpha value is -2.88. The van der Waals surface area contributed by atoms with Crippen LogP contribution in [0.25, 0.3) is 10.9 Å². The lowest BCUT2D eigenvalue weighted by molar-refractivity contribution is 0.256. The first-order valence-electron chi connectivity index (χ1n) is 6.18. The Bertz CT molecular complexity index is 756. The topological polar surface area (TPSA) is 59.2 Å². The van der Waals surface area contributed by atoms with E-state index in [1.54, 1.807) is 18.2 Å². The Labute approximate surface area is 116 Å². The molecule has 0 bridgehead atoms. The van der Waals surface area contributed by atoms with Gasteiger partial charge in [-0.1, -0.05) is 36.4 Å². The molecule has 0 saturated heterocycles. The SMILES string of the molecule is NC(=O)N(c1[c]cccc1)c1ccc2ccccc2n1. The monoisotopic (exact) mass is 262 g/mol. The zero-order valence-electron chi connectivity index (χ0n) is 10.7. The number of urea groups is 1. The molecule has 1 radical (unpaired) electrons. The third-order valence-corrected chi connectivity index (χ3v) is 2.97. The Morgan fingerprint density at radius 2 is 1.85 bits per heavy atom. The van der Waals surface area contributed by atoms with Crippen LogP contribution in [0.2, 0.25) is 0 Å². The second-order valence-electron chi connectivity index (χ2n) is 4.28. The number of amides is 2. The molecule has 0 aliphatic heterocycles. The molecule has 0 spiro atoms. The first kappa shape index (κ1) is 12.2. The summed E-state index contributed by atoms with van der Waals surface area (Å²) >= 11 is 0. The van der Waals surface area contributed by atoms with Gasteiger partial charge in [-0.25, -0.2) is 14.7 Å². The average molecular weight is 262 g/mol. The number of hydrogen-bond acceptors (Lipinski definition) is 2. The number of carbonyl (C=O) groups is 1. The zero-order valence-corrected chi connectivity index (χ0v) is 10.7. The van der Waals surface area contributed by atoms with Crippen LogP contribution in [0, 0.1) is 6.07 Å². The van der Waals surface area contributed by atoms with Crippen molar-refractivity contribution in [2.24, 2.45) is 5.73 Å². The van der Waals surface area contributed by atoms with Gasteiger partial charge in [-0.15, -0.1) is 0 Å². The standard InChI is InChI=1S/C16H12N3O/c17-16(20)19(13-7-2-1-3-8-13)15-11-10-12-6-4-5-9-14(12)18-15/h1-7,9-11H,(H2,17,20). The fourth-order valence-corrected chi connectivity index (χ4v) is 2.06. The van der Waals surface area contributed by atoms with Crippen LogP contribution in [0.3, 0.4) is 0 Å². The molecular formula is C16H12N3O. The number of carbonyl (C=O) groups excluding carboxylic acids is 1. The van der Waals surface area contributed by atoms with Gasteiger partial charge in [-0.2, -0.15) is 0 Å². The summed E-state index contributed by atoms with van der Waals surface area (Å²) in [7, 11) is 0. The number of anilines is 2. The van der Waals surface area contributed by atoms with Crippen molar-refractivity contribution in [1.82, 2.24) is 4.98 Å². The maximum atomic E-state index is 11.7. The normalized spacial score (nSPS) is 10.4. The van der Waals surface area contributed by atoms with Gasteiger partial charge in [0.05, 0.1) is 11.2 Å². The average Bonchev–Trinajstić information content (AvgIpc) is 2.48. The van der Waals surface area contributed by atoms with Gasteiger partial charge in [0.15, 0.2) is 0 Å². The number of hydrogen-bond donors (Lipinski definition) is 1. The molecule has 0 aliphatic rings. The van der Waals surface area contributed by atoms with Gasteiger partial charge >= 0.3 is 6.03 Å². The van der Waals surface area contributed by atoms with Crippen LogP contribution in [0.15, 0.2) is 60.7 Å². The summed E-state index contributed by atoms with van der Waals surface area (Å²) in [6.07, 6.45) is 0. The highest BCUT2D eigenvalue weighted by Crippen LogP contribution is 2.24. The number of nitrogens with two attached hydrogens (primary N) is 1. The molecule has 0 fully saturated rings. The number of pyridine rings is 1. The van der Waals surface area contributed by atoms with E-state index >= 15 is 0 Å². The van der Waals surface area contributed by atoms with Gasteiger partial charge in [0.1, 0.15) is 5.82 Å². The molecule has 3 rings (SSSR count). The van der Waals surface area contributed by atoms with Crippen molar-refractivity contribution in [2.75, 3.05) is 4.90 Å². The molecular weight excluding hydrogens is 250 g/mol. The van der Waals surface area contributed by atoms with Crippen molar-refractivity contribution in [2.45, 2.75) is 0 Å². The lowest BCUT2D eigenvalue weighted by Crippen LogP contribution is -2.32. The molecule has 1 heterocycles. The number of fused-ring (bicyclic) bond motifs is 1. The van der Waals surface area contributed by atoms with Crippen molar-refractivity contribution in [3.8, 4) is 0 Å². The smallest absolute Gasteiger partial charge is 0.325 e. The molecule has 20 heavy (non-hydrogen) atoms. The molecule has 0 unspecified atom stereocenters. The lowest BCUT2D eigenvalue weighted by Gasteiger charge is -2.19. The molecule has 0 atom stereocenters. The number of para-hydroxylation sites is 2. The number of primary amides is 1. The van der Waals surface area contributed by atoms with Crippen LogP contribution >= 0.6 is 0 Å². The summed E-state index contributed by atoms with van der Waals surface area (Å²) in [6, 6.07) is 20.9. The predicted molar refractivity (Wildman–Crippen MR) is 78.7 cm³/mol. The highest BCUT2D eigenvalue weighted by atomic mass is 16.2. The second-order valence-corrected chi connectivity index (χ2v) is 4.28. The zero-order chi connectivity index (χ0) is 13.9. The molecule has 0 saturated carbocycles. The minimum absolute atomic E-state index is 0.485. The highest BCUT2D eigenvalue weighted by molar-refractivity contribution is 5.98. The fraction of sp³-hybridized carbons (Fsp3) is 0. The van der Waals surface area contributed by atoms with Gasteiger partial charge in [-0.05, 0) is 24.3 Å². The maximum absolute atomic E-state index is 11.7. The molecule has 4 nitrogen and oxygen atoms in total. The fourth-order valence-electron chi connectivity index (χ4n) is 2.06. The number of nitrogens with zero attached hydrogens (tertiary/aromatic N) is 2. The van der Waals surface area contributed by atoms with Crippen LogP contribution in [0.1, 0.15) is 0 Å². The summed E-state index contributed by atoms with van der Waals surface area (Å²) in [4.78, 5) is 17.5. The van der Waals surface area contributed by atoms with E-state index < -0.39 is 6.03 Å². The van der Waals surface area contributed by atoms with E-state index in [4.69, 9.17) is 5.73 Å². The quantitative estimate of drug-likeness (QED) is 0.770. The van der Waals surface area contributed by atoms with E-state index in [1.165, 1.54) is 4.90 Å². The van der Waals surface area contributed by atoms with Crippen LogP contribution in [0.4, 0.5) is 16.3 Å². The first-order valence-corrected chi connectivity index (χ1v) is 6.18. The molecule has 1 aromatic heterocycles. The maximum Gasteiger partial charge on any atom is 0.325 e. The van der Waals surface area contributed by atoms with Gasteiger partial charge in [0.2, 0.25) is 0 Å². The third-order valence-electron chi connectivity index (χ3n) is 2.97. The van der Waals surface area contributed by atoms with Crippen molar-refractivity contribution < 1.29 is 4.79 Å². The van der Waals surface area contributed by atoms with Crippen molar-refractivity contribution in [3.63, 3.8) is 0 Å². The van der Waals surface area contributed by atoms with E-state index in [1.807, 2.05) is 42.5 Å². The summed E-state index contributed by atoms with van der Waals surface area (Å²) in [5.74, 6) is 0.485. The van der Waals surface area contributed by atoms with Gasteiger partial charge in [0.25, 0.3) is 0 Å². The Balaban J connectivity index is 2.13. The lowest BCUT2D eigenvalue weighted by atomic mass is 10.2. The van der Waals surface area contributed by atoms with Crippen LogP contribution < -0.4 is 10.6 Å². The van der Waals surface area contributed by atoms with Crippen molar-refractivity contribution >= 4 is 28.4 Å². The predicted octanol–water partition coefficient (Wildman–Crippen LogP) is 3.25. The van der Waals surface area contributed by atoms with Crippen molar-refractivity contribution in [3.05, 3.63) is 66.7 Å². The minimum atomic E-state index is -0.588. The van der Waals surface area contributed by atoms with Crippen molar-refractivity contribution in [1.29, 1.82) is 0 Å². The summed E-state index contributed by atoms with van der Waals surface area (Å²) in [6.45, 7) is 0. The van der Waals surface area contributed by atoms with E-state index in [2.05, 4.69) is 11.1 Å². The van der Waals surface area contributed by atoms with Crippen LogP contribution in [-0.4, -0.2) is 11.0 Å². The highest BCUT2D eigenvalue weighted by Gasteiger charge is 2.16. The second kappa shape index (κ2) is 5.01. The van der Waals surface area contributed by atoms with Gasteiger partial charge in [0, 0.05) is 11.5 Å². The molecule has 97 valence electrons. The van der Waals surface area contributed by atoms with E-state index in [9.17, 15) is 4.79 Å². The largest absolute Gasteiger partial charge is 0.351 e. The summed E-state index contributed by atoms with van der Waals surface area (Å²) in [5.41, 5.74) is 6.86.